The Morgan fingerprint density at radius 1 is 1.05 bits per heavy atom. The first-order valence-electron chi connectivity index (χ1n) is 13.7. The Kier molecular flexibility index (Phi) is 6.78. The van der Waals surface area contributed by atoms with E-state index in [4.69, 9.17) is 5.11 Å². The number of allylic oxidation sites excluding steroid dienone is 1. The van der Waals surface area contributed by atoms with Crippen molar-refractivity contribution in [3.8, 4) is 0 Å². The molecule has 38 heavy (non-hydrogen) atoms. The molecule has 0 spiro atoms. The Labute approximate surface area is 224 Å². The first-order chi connectivity index (χ1) is 17.4. The summed E-state index contributed by atoms with van der Waals surface area (Å²) in [4.78, 5) is 53.1. The van der Waals surface area contributed by atoms with Crippen molar-refractivity contribution in [3.05, 3.63) is 22.8 Å². The minimum absolute atomic E-state index is 0.00190. The molecule has 0 aromatic rings. The van der Waals surface area contributed by atoms with Gasteiger partial charge in [-0.3, -0.25) is 14.4 Å². The van der Waals surface area contributed by atoms with Crippen LogP contribution in [-0.2, 0) is 19.2 Å². The van der Waals surface area contributed by atoms with E-state index in [1.54, 1.807) is 13.8 Å². The van der Waals surface area contributed by atoms with E-state index in [-0.39, 0.29) is 59.4 Å². The van der Waals surface area contributed by atoms with E-state index in [0.717, 1.165) is 0 Å². The number of rotatable bonds is 5. The highest BCUT2D eigenvalue weighted by Crippen LogP contribution is 2.70. The van der Waals surface area contributed by atoms with E-state index in [0.29, 0.717) is 12.8 Å². The van der Waals surface area contributed by atoms with Gasteiger partial charge in [0.15, 0.2) is 11.6 Å². The highest BCUT2D eigenvalue weighted by molar-refractivity contribution is 6.17. The minimum atomic E-state index is -1.52. The lowest BCUT2D eigenvalue weighted by Crippen LogP contribution is -2.64. The van der Waals surface area contributed by atoms with Crippen LogP contribution in [0.15, 0.2) is 22.8 Å². The topological polar surface area (TPSA) is 149 Å². The van der Waals surface area contributed by atoms with Gasteiger partial charge in [-0.15, -0.1) is 0 Å². The predicted molar refractivity (Wildman–Crippen MR) is 139 cm³/mol. The van der Waals surface area contributed by atoms with Gasteiger partial charge in [0.05, 0.1) is 17.6 Å². The van der Waals surface area contributed by atoms with Crippen LogP contribution in [0, 0.1) is 39.4 Å². The first-order valence-corrected chi connectivity index (χ1v) is 13.7. The molecule has 4 aliphatic rings. The molecule has 0 radical (unpaired) electrons. The second kappa shape index (κ2) is 8.93. The van der Waals surface area contributed by atoms with Gasteiger partial charge in [-0.05, 0) is 62.4 Å². The molecule has 2 saturated carbocycles. The highest BCUT2D eigenvalue weighted by Gasteiger charge is 2.73. The van der Waals surface area contributed by atoms with Crippen molar-refractivity contribution in [2.24, 2.45) is 39.4 Å². The van der Waals surface area contributed by atoms with E-state index >= 15 is 0 Å². The first kappa shape index (κ1) is 28.8. The SMILES string of the molecule is C/C(=C\[C@@H](O)C[C@@H](C)[C@H]1CC(=O)[C@@]2(C)C3=C(C(=O)[C@@H](O)[C@]12C)[C@@]1(C)CC[C@H](O)C(C)(C)[C@@H]1CC3=O)C(=O)O. The van der Waals surface area contributed by atoms with E-state index in [1.807, 2.05) is 27.7 Å². The Morgan fingerprint density at radius 3 is 2.24 bits per heavy atom. The molecule has 0 aromatic carbocycles. The molecular formula is C30H42O8. The molecule has 210 valence electrons. The average Bonchev–Trinajstić information content (AvgIpc) is 3.03. The quantitative estimate of drug-likeness (QED) is 0.396. The van der Waals surface area contributed by atoms with Crippen LogP contribution in [0.2, 0.25) is 0 Å². The minimum Gasteiger partial charge on any atom is -0.478 e. The number of aliphatic hydroxyl groups excluding tert-OH is 3. The van der Waals surface area contributed by atoms with Crippen LogP contribution in [0.3, 0.4) is 0 Å². The highest BCUT2D eigenvalue weighted by atomic mass is 16.4. The van der Waals surface area contributed by atoms with Gasteiger partial charge in [0.25, 0.3) is 0 Å². The van der Waals surface area contributed by atoms with Crippen molar-refractivity contribution in [1.82, 2.24) is 0 Å². The third-order valence-corrected chi connectivity index (χ3v) is 11.4. The van der Waals surface area contributed by atoms with Crippen LogP contribution in [0.1, 0.15) is 80.6 Å². The summed E-state index contributed by atoms with van der Waals surface area (Å²) in [5.41, 5.74) is -3.51. The van der Waals surface area contributed by atoms with E-state index < -0.39 is 57.6 Å². The van der Waals surface area contributed by atoms with Gasteiger partial charge in [0.2, 0.25) is 0 Å². The normalized spacial score (nSPS) is 42.4. The van der Waals surface area contributed by atoms with Crippen molar-refractivity contribution in [2.45, 2.75) is 98.9 Å². The zero-order chi connectivity index (χ0) is 28.7. The summed E-state index contributed by atoms with van der Waals surface area (Å²) in [6, 6.07) is 0. The number of carboxylic acid groups (broad SMARTS) is 1. The van der Waals surface area contributed by atoms with Gasteiger partial charge in [0, 0.05) is 40.4 Å². The maximum atomic E-state index is 14.1. The van der Waals surface area contributed by atoms with Crippen LogP contribution >= 0.6 is 0 Å². The van der Waals surface area contributed by atoms with Gasteiger partial charge >= 0.3 is 5.97 Å². The maximum absolute atomic E-state index is 14.1. The standard InChI is InChI=1S/C30H42O8/c1-14(10-16(31)11-15(2)26(37)38)17-12-21(34)30(7)22-18(32)13-19-27(3,4)20(33)8-9-28(19,5)23(22)24(35)25(36)29(17,30)6/h11,14,16-17,19-20,25,31,33,36H,8-10,12-13H2,1-7H3,(H,37,38)/b15-11+/t14-,16+,17-,19+,20+,25-,28+,29+,30+/m1/s1. The smallest absolute Gasteiger partial charge is 0.331 e. The molecule has 0 heterocycles. The third kappa shape index (κ3) is 3.59. The number of aliphatic hydroxyl groups is 3. The van der Waals surface area contributed by atoms with Gasteiger partial charge in [-0.2, -0.15) is 0 Å². The Hall–Kier alpha value is -2.16. The van der Waals surface area contributed by atoms with Crippen molar-refractivity contribution in [1.29, 1.82) is 0 Å². The number of carbonyl (C=O) groups excluding carboxylic acids is 3. The fraction of sp³-hybridized carbons (Fsp3) is 0.733. The Morgan fingerprint density at radius 2 is 1.66 bits per heavy atom. The van der Waals surface area contributed by atoms with Crippen molar-refractivity contribution >= 4 is 23.3 Å². The summed E-state index contributed by atoms with van der Waals surface area (Å²) in [6.45, 7) is 12.4. The number of ketones is 3. The predicted octanol–water partition coefficient (Wildman–Crippen LogP) is 3.02. The van der Waals surface area contributed by atoms with E-state index in [9.17, 15) is 34.5 Å². The summed E-state index contributed by atoms with van der Waals surface area (Å²) in [5, 5.41) is 42.2. The fourth-order valence-corrected chi connectivity index (χ4v) is 8.82. The maximum Gasteiger partial charge on any atom is 0.331 e. The molecule has 0 unspecified atom stereocenters. The average molecular weight is 531 g/mol. The third-order valence-electron chi connectivity index (χ3n) is 11.4. The molecule has 8 heteroatoms. The van der Waals surface area contributed by atoms with Crippen molar-refractivity contribution < 1.29 is 39.6 Å². The van der Waals surface area contributed by atoms with Gasteiger partial charge < -0.3 is 20.4 Å². The zero-order valence-corrected chi connectivity index (χ0v) is 23.5. The summed E-state index contributed by atoms with van der Waals surface area (Å²) >= 11 is 0. The fourth-order valence-electron chi connectivity index (χ4n) is 8.82. The molecule has 0 bridgehead atoms. The van der Waals surface area contributed by atoms with Gasteiger partial charge in [-0.1, -0.05) is 34.6 Å². The molecular weight excluding hydrogens is 488 g/mol. The van der Waals surface area contributed by atoms with Crippen LogP contribution in [0.4, 0.5) is 0 Å². The molecule has 2 fully saturated rings. The zero-order valence-electron chi connectivity index (χ0n) is 23.5. The molecule has 8 nitrogen and oxygen atoms in total. The van der Waals surface area contributed by atoms with E-state index in [1.165, 1.54) is 13.0 Å². The lowest BCUT2D eigenvalue weighted by molar-refractivity contribution is -0.159. The summed E-state index contributed by atoms with van der Waals surface area (Å²) in [6.07, 6.45) is -0.718. The summed E-state index contributed by atoms with van der Waals surface area (Å²) < 4.78 is 0. The molecule has 0 saturated heterocycles. The summed E-state index contributed by atoms with van der Waals surface area (Å²) in [5.74, 6) is -3.28. The monoisotopic (exact) mass is 530 g/mol. The van der Waals surface area contributed by atoms with Gasteiger partial charge in [-0.25, -0.2) is 4.79 Å². The number of hydrogen-bond donors (Lipinski definition) is 4. The van der Waals surface area contributed by atoms with E-state index in [2.05, 4.69) is 0 Å². The van der Waals surface area contributed by atoms with Crippen molar-refractivity contribution in [3.63, 3.8) is 0 Å². The van der Waals surface area contributed by atoms with Crippen LogP contribution in [-0.4, -0.2) is 62.1 Å². The molecule has 4 N–H and O–H groups in total. The number of carboxylic acids is 1. The number of Topliss-reactive ketones (excluding diaryl/α,β-unsaturated/α-hetero) is 3. The molecule has 4 rings (SSSR count). The molecule has 0 aromatic heterocycles. The number of hydrogen-bond acceptors (Lipinski definition) is 7. The molecule has 4 aliphatic carbocycles. The van der Waals surface area contributed by atoms with Crippen LogP contribution < -0.4 is 0 Å². The largest absolute Gasteiger partial charge is 0.478 e. The molecule has 0 aliphatic heterocycles. The number of carbonyl (C=O) groups is 4. The Balaban J connectivity index is 1.82. The number of aliphatic carboxylic acids is 1. The second-order valence-corrected chi connectivity index (χ2v) is 13.6. The molecule has 0 amide bonds. The van der Waals surface area contributed by atoms with Crippen LogP contribution in [0.5, 0.6) is 0 Å². The lowest BCUT2D eigenvalue weighted by Gasteiger charge is -2.60. The summed E-state index contributed by atoms with van der Waals surface area (Å²) in [7, 11) is 0. The Bertz CT molecular complexity index is 1160. The molecule has 9 atom stereocenters. The van der Waals surface area contributed by atoms with Gasteiger partial charge in [0.1, 0.15) is 11.9 Å². The van der Waals surface area contributed by atoms with Crippen molar-refractivity contribution in [2.75, 3.05) is 0 Å². The van der Waals surface area contributed by atoms with Crippen LogP contribution in [0.25, 0.3) is 0 Å². The lowest BCUT2D eigenvalue weighted by atomic mass is 9.42. The number of fused-ring (bicyclic) bond motifs is 4. The second-order valence-electron chi connectivity index (χ2n) is 13.6.